The lowest BCUT2D eigenvalue weighted by Gasteiger charge is -2.09. The molecule has 2 rings (SSSR count). The lowest BCUT2D eigenvalue weighted by molar-refractivity contribution is -0.118. The van der Waals surface area contributed by atoms with E-state index in [1.165, 1.54) is 0 Å². The summed E-state index contributed by atoms with van der Waals surface area (Å²) in [6.07, 6.45) is 0. The number of furan rings is 1. The van der Waals surface area contributed by atoms with Crippen LogP contribution in [0.15, 0.2) is 16.5 Å². The maximum atomic E-state index is 12.0. The predicted molar refractivity (Wildman–Crippen MR) is 87.9 cm³/mol. The molecule has 6 heteroatoms. The number of nitriles is 1. The number of amides is 1. The molecule has 0 saturated carbocycles. The maximum absolute atomic E-state index is 12.0. The molecule has 1 heterocycles. The molecule has 0 unspecified atom stereocenters. The second-order valence-corrected chi connectivity index (χ2v) is 5.69. The first kappa shape index (κ1) is 16.9. The quantitative estimate of drug-likeness (QED) is 0.916. The van der Waals surface area contributed by atoms with Crippen LogP contribution in [0.4, 0.5) is 5.88 Å². The number of halogens is 1. The first-order valence-corrected chi connectivity index (χ1v) is 7.40. The Kier molecular flexibility index (Phi) is 4.97. The van der Waals surface area contributed by atoms with Gasteiger partial charge in [-0.15, -0.1) is 0 Å². The number of nitrogens with zero attached hydrogens (tertiary/aromatic N) is 1. The summed E-state index contributed by atoms with van der Waals surface area (Å²) in [6.45, 7) is 7.06. The third kappa shape index (κ3) is 3.66. The minimum Gasteiger partial charge on any atom is -0.484 e. The highest BCUT2D eigenvalue weighted by atomic mass is 35.5. The van der Waals surface area contributed by atoms with Crippen molar-refractivity contribution in [1.29, 1.82) is 5.26 Å². The third-order valence-electron chi connectivity index (χ3n) is 3.53. The van der Waals surface area contributed by atoms with Crippen molar-refractivity contribution in [3.05, 3.63) is 45.2 Å². The highest BCUT2D eigenvalue weighted by Crippen LogP contribution is 2.27. The number of rotatable bonds is 4. The van der Waals surface area contributed by atoms with Gasteiger partial charge in [-0.05, 0) is 51.0 Å². The monoisotopic (exact) mass is 332 g/mol. The van der Waals surface area contributed by atoms with Crippen molar-refractivity contribution in [2.45, 2.75) is 27.7 Å². The van der Waals surface area contributed by atoms with Gasteiger partial charge in [0.15, 0.2) is 6.61 Å². The van der Waals surface area contributed by atoms with E-state index >= 15 is 0 Å². The summed E-state index contributed by atoms with van der Waals surface area (Å²) >= 11 is 6.09. The van der Waals surface area contributed by atoms with Crippen LogP contribution in [0.25, 0.3) is 0 Å². The smallest absolute Gasteiger partial charge is 0.264 e. The molecule has 1 amide bonds. The molecule has 0 atom stereocenters. The van der Waals surface area contributed by atoms with Crippen molar-refractivity contribution in [1.82, 2.24) is 0 Å². The maximum Gasteiger partial charge on any atom is 0.264 e. The lowest BCUT2D eigenvalue weighted by atomic mass is 10.1. The van der Waals surface area contributed by atoms with E-state index in [1.807, 2.05) is 19.9 Å². The molecule has 1 N–H and O–H groups in total. The number of ether oxygens (including phenoxy) is 1. The number of carbonyl (C=O) groups is 1. The van der Waals surface area contributed by atoms with Crippen LogP contribution in [-0.2, 0) is 4.79 Å². The van der Waals surface area contributed by atoms with Crippen molar-refractivity contribution in [2.75, 3.05) is 11.9 Å². The average Bonchev–Trinajstić information content (AvgIpc) is 2.76. The van der Waals surface area contributed by atoms with E-state index in [-0.39, 0.29) is 12.5 Å². The Morgan fingerprint density at radius 2 is 1.91 bits per heavy atom. The van der Waals surface area contributed by atoms with Gasteiger partial charge >= 0.3 is 0 Å². The molecular formula is C17H17ClN2O3. The van der Waals surface area contributed by atoms with Gasteiger partial charge < -0.3 is 9.15 Å². The topological polar surface area (TPSA) is 75.3 Å². The zero-order valence-electron chi connectivity index (χ0n) is 13.4. The number of nitrogens with one attached hydrogen (secondary N) is 1. The van der Waals surface area contributed by atoms with E-state index in [4.69, 9.17) is 26.0 Å². The van der Waals surface area contributed by atoms with Crippen LogP contribution < -0.4 is 10.1 Å². The molecule has 120 valence electrons. The SMILES string of the molecule is Cc1cc(OCC(=O)Nc2oc(C)c(C)c2C#N)cc(C)c1Cl. The highest BCUT2D eigenvalue weighted by Gasteiger charge is 2.17. The summed E-state index contributed by atoms with van der Waals surface area (Å²) in [5.41, 5.74) is 2.80. The summed E-state index contributed by atoms with van der Waals surface area (Å²) in [6, 6.07) is 5.56. The first-order chi connectivity index (χ1) is 10.8. The molecule has 0 aliphatic heterocycles. The molecular weight excluding hydrogens is 316 g/mol. The first-order valence-electron chi connectivity index (χ1n) is 7.03. The van der Waals surface area contributed by atoms with Gasteiger partial charge in [-0.1, -0.05) is 11.6 Å². The number of benzene rings is 1. The van der Waals surface area contributed by atoms with Crippen LogP contribution in [0.3, 0.4) is 0 Å². The van der Waals surface area contributed by atoms with Crippen molar-refractivity contribution >= 4 is 23.4 Å². The Morgan fingerprint density at radius 1 is 1.30 bits per heavy atom. The number of hydrogen-bond donors (Lipinski definition) is 1. The predicted octanol–water partition coefficient (Wildman–Crippen LogP) is 4.06. The molecule has 0 aliphatic rings. The molecule has 0 saturated heterocycles. The largest absolute Gasteiger partial charge is 0.484 e. The van der Waals surface area contributed by atoms with Gasteiger partial charge in [0.05, 0.1) is 0 Å². The minimum atomic E-state index is -0.402. The molecule has 5 nitrogen and oxygen atoms in total. The number of anilines is 1. The van der Waals surface area contributed by atoms with Crippen LogP contribution in [0.1, 0.15) is 28.0 Å². The summed E-state index contributed by atoms with van der Waals surface area (Å²) in [7, 11) is 0. The van der Waals surface area contributed by atoms with Gasteiger partial charge in [0, 0.05) is 10.6 Å². The molecule has 0 spiro atoms. The normalized spacial score (nSPS) is 10.3. The number of hydrogen-bond acceptors (Lipinski definition) is 4. The molecule has 0 radical (unpaired) electrons. The fourth-order valence-electron chi connectivity index (χ4n) is 2.15. The second-order valence-electron chi connectivity index (χ2n) is 5.31. The van der Waals surface area contributed by atoms with E-state index in [0.717, 1.165) is 11.1 Å². The Balaban J connectivity index is 2.04. The van der Waals surface area contributed by atoms with E-state index in [1.54, 1.807) is 26.0 Å². The minimum absolute atomic E-state index is 0.152. The summed E-state index contributed by atoms with van der Waals surface area (Å²) in [4.78, 5) is 12.0. The van der Waals surface area contributed by atoms with Crippen molar-refractivity contribution in [3.8, 4) is 11.8 Å². The van der Waals surface area contributed by atoms with Gasteiger partial charge in [0.25, 0.3) is 5.91 Å². The Bertz CT molecular complexity index is 780. The van der Waals surface area contributed by atoms with Crippen LogP contribution in [-0.4, -0.2) is 12.5 Å². The van der Waals surface area contributed by atoms with E-state index < -0.39 is 5.91 Å². The molecule has 1 aromatic heterocycles. The summed E-state index contributed by atoms with van der Waals surface area (Å²) in [5.74, 6) is 0.911. The standard InChI is InChI=1S/C17H17ClN2O3/c1-9-5-13(6-10(2)16(9)18)22-8-15(21)20-17-14(7-19)11(3)12(4)23-17/h5-6H,8H2,1-4H3,(H,20,21). The van der Waals surface area contributed by atoms with Gasteiger partial charge in [-0.3, -0.25) is 10.1 Å². The lowest BCUT2D eigenvalue weighted by Crippen LogP contribution is -2.20. The van der Waals surface area contributed by atoms with Gasteiger partial charge in [0.1, 0.15) is 23.1 Å². The van der Waals surface area contributed by atoms with Crippen LogP contribution in [0.2, 0.25) is 5.02 Å². The Morgan fingerprint density at radius 3 is 2.48 bits per heavy atom. The summed E-state index contributed by atoms with van der Waals surface area (Å²) < 4.78 is 10.9. The Hall–Kier alpha value is -2.45. The molecule has 1 aromatic carbocycles. The van der Waals surface area contributed by atoms with Crippen LogP contribution in [0.5, 0.6) is 5.75 Å². The van der Waals surface area contributed by atoms with Gasteiger partial charge in [0.2, 0.25) is 5.88 Å². The molecule has 0 aliphatic carbocycles. The third-order valence-corrected chi connectivity index (χ3v) is 4.13. The van der Waals surface area contributed by atoms with Crippen LogP contribution in [0, 0.1) is 39.0 Å². The molecule has 23 heavy (non-hydrogen) atoms. The number of aryl methyl sites for hydroxylation is 3. The number of carbonyl (C=O) groups excluding carboxylic acids is 1. The zero-order valence-corrected chi connectivity index (χ0v) is 14.2. The van der Waals surface area contributed by atoms with Crippen molar-refractivity contribution in [2.24, 2.45) is 0 Å². The van der Waals surface area contributed by atoms with Gasteiger partial charge in [-0.25, -0.2) is 0 Å². The summed E-state index contributed by atoms with van der Waals surface area (Å²) in [5, 5.41) is 12.4. The molecule has 0 fully saturated rings. The van der Waals surface area contributed by atoms with E-state index in [9.17, 15) is 4.79 Å². The Labute approximate surface area is 139 Å². The van der Waals surface area contributed by atoms with Gasteiger partial charge in [-0.2, -0.15) is 5.26 Å². The fourth-order valence-corrected chi connectivity index (χ4v) is 2.26. The van der Waals surface area contributed by atoms with Crippen molar-refractivity contribution in [3.63, 3.8) is 0 Å². The van der Waals surface area contributed by atoms with Crippen molar-refractivity contribution < 1.29 is 13.9 Å². The fraction of sp³-hybridized carbons (Fsp3) is 0.294. The zero-order chi connectivity index (χ0) is 17.1. The average molecular weight is 333 g/mol. The molecule has 0 bridgehead atoms. The highest BCUT2D eigenvalue weighted by molar-refractivity contribution is 6.32. The van der Waals surface area contributed by atoms with E-state index in [2.05, 4.69) is 5.32 Å². The van der Waals surface area contributed by atoms with Crippen LogP contribution >= 0.6 is 11.6 Å². The molecule has 2 aromatic rings. The van der Waals surface area contributed by atoms with E-state index in [0.29, 0.717) is 27.7 Å². The second kappa shape index (κ2) is 6.76.